The van der Waals surface area contributed by atoms with Crippen LogP contribution in [0.15, 0.2) is 35.9 Å². The van der Waals surface area contributed by atoms with Crippen LogP contribution in [0.1, 0.15) is 30.7 Å². The lowest BCUT2D eigenvalue weighted by Crippen LogP contribution is -2.05. The molecule has 0 spiro atoms. The Balaban J connectivity index is 2.26. The summed E-state index contributed by atoms with van der Waals surface area (Å²) in [4.78, 5) is 0. The first kappa shape index (κ1) is 10.8. The number of methoxy groups -OCH3 is 1. The third-order valence-electron chi connectivity index (χ3n) is 3.08. The van der Waals surface area contributed by atoms with Crippen LogP contribution in [0.3, 0.4) is 0 Å². The Kier molecular flexibility index (Phi) is 3.26. The predicted octanol–water partition coefficient (Wildman–Crippen LogP) is 3.41. The van der Waals surface area contributed by atoms with E-state index >= 15 is 0 Å². The van der Waals surface area contributed by atoms with E-state index in [1.54, 1.807) is 7.11 Å². The molecule has 0 bridgehead atoms. The van der Waals surface area contributed by atoms with Crippen LogP contribution < -0.4 is 4.74 Å². The topological polar surface area (TPSA) is 33.0 Å². The Hall–Kier alpha value is -1.75. The predicted molar refractivity (Wildman–Crippen MR) is 63.3 cm³/mol. The van der Waals surface area contributed by atoms with Crippen molar-refractivity contribution in [1.82, 2.24) is 0 Å². The van der Waals surface area contributed by atoms with Crippen molar-refractivity contribution in [2.45, 2.75) is 25.2 Å². The highest BCUT2D eigenvalue weighted by atomic mass is 16.5. The number of nitrogens with zero attached hydrogens (tertiary/aromatic N) is 1. The highest BCUT2D eigenvalue weighted by molar-refractivity contribution is 5.39. The summed E-state index contributed by atoms with van der Waals surface area (Å²) >= 11 is 0. The largest absolute Gasteiger partial charge is 0.497 e. The molecule has 0 fully saturated rings. The third-order valence-corrected chi connectivity index (χ3v) is 3.08. The smallest absolute Gasteiger partial charge is 0.118 e. The van der Waals surface area contributed by atoms with E-state index in [-0.39, 0.29) is 5.92 Å². The number of hydrogen-bond acceptors (Lipinski definition) is 2. The van der Waals surface area contributed by atoms with Gasteiger partial charge in [-0.3, -0.25) is 0 Å². The molecule has 1 atom stereocenters. The molecule has 0 saturated heterocycles. The van der Waals surface area contributed by atoms with E-state index in [1.807, 2.05) is 12.1 Å². The van der Waals surface area contributed by atoms with Crippen molar-refractivity contribution < 1.29 is 4.74 Å². The zero-order valence-corrected chi connectivity index (χ0v) is 9.44. The molecule has 1 unspecified atom stereocenters. The van der Waals surface area contributed by atoms with Crippen molar-refractivity contribution in [2.24, 2.45) is 0 Å². The summed E-state index contributed by atoms with van der Waals surface area (Å²) in [7, 11) is 1.66. The van der Waals surface area contributed by atoms with Gasteiger partial charge in [-0.1, -0.05) is 18.2 Å². The molecule has 1 aromatic carbocycles. The van der Waals surface area contributed by atoms with Crippen molar-refractivity contribution in [3.8, 4) is 11.8 Å². The Labute approximate surface area is 96.2 Å². The molecule has 2 nitrogen and oxygen atoms in total. The summed E-state index contributed by atoms with van der Waals surface area (Å²) in [5, 5.41) is 9.08. The Bertz CT molecular complexity index is 425. The monoisotopic (exact) mass is 213 g/mol. The summed E-state index contributed by atoms with van der Waals surface area (Å²) < 4.78 is 5.13. The van der Waals surface area contributed by atoms with Crippen molar-refractivity contribution in [3.05, 3.63) is 41.5 Å². The van der Waals surface area contributed by atoms with Crippen molar-refractivity contribution in [2.75, 3.05) is 7.11 Å². The first-order valence-electron chi connectivity index (χ1n) is 5.59. The fourth-order valence-corrected chi connectivity index (χ4v) is 2.18. The first-order valence-corrected chi connectivity index (χ1v) is 5.59. The van der Waals surface area contributed by atoms with E-state index in [0.717, 1.165) is 24.2 Å². The molecular formula is C14H15NO. The minimum absolute atomic E-state index is 0.282. The second-order valence-corrected chi connectivity index (χ2v) is 4.03. The van der Waals surface area contributed by atoms with Crippen molar-refractivity contribution >= 4 is 0 Å². The number of benzene rings is 1. The van der Waals surface area contributed by atoms with Crippen LogP contribution in [0.25, 0.3) is 0 Å². The first-order chi connectivity index (χ1) is 7.85. The van der Waals surface area contributed by atoms with Crippen LogP contribution >= 0.6 is 0 Å². The minimum atomic E-state index is 0.282. The lowest BCUT2D eigenvalue weighted by molar-refractivity contribution is 0.414. The van der Waals surface area contributed by atoms with Gasteiger partial charge in [0.05, 0.1) is 13.2 Å². The number of nitriles is 1. The number of rotatable bonds is 2. The van der Waals surface area contributed by atoms with Gasteiger partial charge in [-0.15, -0.1) is 0 Å². The van der Waals surface area contributed by atoms with Crippen LogP contribution in [0, 0.1) is 11.3 Å². The normalized spacial score (nSPS) is 19.8. The van der Waals surface area contributed by atoms with Gasteiger partial charge in [0, 0.05) is 11.5 Å². The Morgan fingerprint density at radius 1 is 1.31 bits per heavy atom. The van der Waals surface area contributed by atoms with Gasteiger partial charge in [0.25, 0.3) is 0 Å². The molecule has 0 aliphatic heterocycles. The van der Waals surface area contributed by atoms with Gasteiger partial charge in [0.1, 0.15) is 5.75 Å². The van der Waals surface area contributed by atoms with Crippen molar-refractivity contribution in [3.63, 3.8) is 0 Å². The molecule has 2 heteroatoms. The summed E-state index contributed by atoms with van der Waals surface area (Å²) in [6, 6.07) is 10.3. The SMILES string of the molecule is COc1ccc(C2CCCC=C2C#N)cc1. The summed E-state index contributed by atoms with van der Waals surface area (Å²) in [5.41, 5.74) is 2.13. The molecule has 0 amide bonds. The zero-order chi connectivity index (χ0) is 11.4. The van der Waals surface area contributed by atoms with E-state index in [0.29, 0.717) is 0 Å². The van der Waals surface area contributed by atoms with Gasteiger partial charge in [-0.05, 0) is 37.0 Å². The summed E-state index contributed by atoms with van der Waals surface area (Å²) in [6.07, 6.45) is 5.35. The maximum atomic E-state index is 9.08. The molecular weight excluding hydrogens is 198 g/mol. The van der Waals surface area contributed by atoms with Gasteiger partial charge in [0.15, 0.2) is 0 Å². The van der Waals surface area contributed by atoms with Gasteiger partial charge in [-0.2, -0.15) is 5.26 Å². The van der Waals surface area contributed by atoms with E-state index in [2.05, 4.69) is 24.3 Å². The molecule has 0 N–H and O–H groups in total. The number of hydrogen-bond donors (Lipinski definition) is 0. The summed E-state index contributed by atoms with van der Waals surface area (Å²) in [5.74, 6) is 1.15. The second kappa shape index (κ2) is 4.85. The van der Waals surface area contributed by atoms with Gasteiger partial charge in [0.2, 0.25) is 0 Å². The fraction of sp³-hybridized carbons (Fsp3) is 0.357. The second-order valence-electron chi connectivity index (χ2n) is 4.03. The molecule has 0 saturated carbocycles. The number of ether oxygens (including phenoxy) is 1. The maximum absolute atomic E-state index is 9.08. The van der Waals surface area contributed by atoms with Crippen LogP contribution in [0.5, 0.6) is 5.75 Å². The van der Waals surface area contributed by atoms with E-state index in [4.69, 9.17) is 10.00 Å². The van der Waals surface area contributed by atoms with E-state index in [9.17, 15) is 0 Å². The molecule has 1 aromatic rings. The molecule has 16 heavy (non-hydrogen) atoms. The number of allylic oxidation sites excluding steroid dienone is 2. The Morgan fingerprint density at radius 3 is 2.69 bits per heavy atom. The fourth-order valence-electron chi connectivity index (χ4n) is 2.18. The lowest BCUT2D eigenvalue weighted by Gasteiger charge is -2.20. The van der Waals surface area contributed by atoms with Crippen LogP contribution in [0.2, 0.25) is 0 Å². The van der Waals surface area contributed by atoms with Crippen molar-refractivity contribution in [1.29, 1.82) is 5.26 Å². The third kappa shape index (κ3) is 2.09. The van der Waals surface area contributed by atoms with Crippen LogP contribution in [-0.2, 0) is 0 Å². The minimum Gasteiger partial charge on any atom is -0.497 e. The van der Waals surface area contributed by atoms with Gasteiger partial charge in [-0.25, -0.2) is 0 Å². The average Bonchev–Trinajstić information content (AvgIpc) is 2.39. The Morgan fingerprint density at radius 2 is 2.06 bits per heavy atom. The van der Waals surface area contributed by atoms with Gasteiger partial charge >= 0.3 is 0 Å². The summed E-state index contributed by atoms with van der Waals surface area (Å²) in [6.45, 7) is 0. The molecule has 1 aliphatic carbocycles. The molecule has 1 aliphatic rings. The lowest BCUT2D eigenvalue weighted by atomic mass is 9.83. The molecule has 0 radical (unpaired) electrons. The van der Waals surface area contributed by atoms with Crippen LogP contribution in [-0.4, -0.2) is 7.11 Å². The highest BCUT2D eigenvalue weighted by Crippen LogP contribution is 2.34. The average molecular weight is 213 g/mol. The quantitative estimate of drug-likeness (QED) is 0.754. The van der Waals surface area contributed by atoms with E-state index in [1.165, 1.54) is 12.0 Å². The van der Waals surface area contributed by atoms with Gasteiger partial charge < -0.3 is 4.74 Å². The van der Waals surface area contributed by atoms with Crippen LogP contribution in [0.4, 0.5) is 0 Å². The molecule has 0 heterocycles. The standard InChI is InChI=1S/C14H15NO/c1-16-13-8-6-11(7-9-13)14-5-3-2-4-12(14)10-15/h4,6-9,14H,2-3,5H2,1H3. The maximum Gasteiger partial charge on any atom is 0.118 e. The molecule has 0 aromatic heterocycles. The highest BCUT2D eigenvalue weighted by Gasteiger charge is 2.19. The molecule has 2 rings (SSSR count). The zero-order valence-electron chi connectivity index (χ0n) is 9.44. The van der Waals surface area contributed by atoms with E-state index < -0.39 is 0 Å². The molecule has 82 valence electrons.